The van der Waals surface area contributed by atoms with E-state index < -0.39 is 0 Å². The summed E-state index contributed by atoms with van der Waals surface area (Å²) in [5.41, 5.74) is 0. The maximum atomic E-state index is 12.4. The van der Waals surface area contributed by atoms with Crippen LogP contribution in [-0.4, -0.2) is 52.6 Å². The van der Waals surface area contributed by atoms with Gasteiger partial charge < -0.3 is 14.4 Å². The summed E-state index contributed by atoms with van der Waals surface area (Å²) in [6, 6.07) is 0. The highest BCUT2D eigenvalue weighted by molar-refractivity contribution is 14.1. The summed E-state index contributed by atoms with van der Waals surface area (Å²) in [7, 11) is 0. The molecule has 156 valence electrons. The maximum absolute atomic E-state index is 12.4. The normalized spacial score (nSPS) is 25.6. The summed E-state index contributed by atoms with van der Waals surface area (Å²) in [5, 5.41) is 0. The Hall–Kier alpha value is -0.210. The van der Waals surface area contributed by atoms with Gasteiger partial charge in [0.1, 0.15) is 9.89 Å². The predicted octanol–water partition coefficient (Wildman–Crippen LogP) is 4.36. The van der Waals surface area contributed by atoms with Crippen molar-refractivity contribution >= 4 is 34.3 Å². The Labute approximate surface area is 178 Å². The highest BCUT2D eigenvalue weighted by Crippen LogP contribution is 2.26. The zero-order valence-electron chi connectivity index (χ0n) is 17.1. The molecule has 0 radical (unpaired) electrons. The Bertz CT molecular complexity index is 467. The number of alkyl halides is 1. The van der Waals surface area contributed by atoms with Crippen LogP contribution in [0.1, 0.15) is 72.1 Å². The average Bonchev–Trinajstić information content (AvgIpc) is 2.65. The lowest BCUT2D eigenvalue weighted by Crippen LogP contribution is -2.41. The van der Waals surface area contributed by atoms with Gasteiger partial charge >= 0.3 is 0 Å². The van der Waals surface area contributed by atoms with Crippen LogP contribution >= 0.6 is 22.6 Å². The van der Waals surface area contributed by atoms with Crippen molar-refractivity contribution in [3.63, 3.8) is 0 Å². The number of nitrogens with zero attached hydrogens (tertiary/aromatic N) is 1. The molecule has 0 spiro atoms. The largest absolute Gasteiger partial charge is 0.378 e. The maximum Gasteiger partial charge on any atom is 0.222 e. The van der Waals surface area contributed by atoms with E-state index in [-0.39, 0.29) is 21.9 Å². The second-order valence-corrected chi connectivity index (χ2v) is 10.0. The molecule has 1 amide bonds. The van der Waals surface area contributed by atoms with Crippen LogP contribution in [0.25, 0.3) is 0 Å². The topological polar surface area (TPSA) is 55.8 Å². The molecule has 1 atom stereocenters. The van der Waals surface area contributed by atoms with E-state index in [2.05, 4.69) is 29.5 Å². The van der Waals surface area contributed by atoms with Crippen molar-refractivity contribution in [1.82, 2.24) is 4.90 Å². The van der Waals surface area contributed by atoms with Crippen LogP contribution in [0.3, 0.4) is 0 Å². The smallest absolute Gasteiger partial charge is 0.222 e. The quantitative estimate of drug-likeness (QED) is 0.272. The van der Waals surface area contributed by atoms with Crippen molar-refractivity contribution in [3.05, 3.63) is 0 Å². The van der Waals surface area contributed by atoms with Gasteiger partial charge in [0.15, 0.2) is 0 Å². The lowest BCUT2D eigenvalue weighted by molar-refractivity contribution is -0.136. The molecule has 1 aliphatic carbocycles. The third-order valence-corrected chi connectivity index (χ3v) is 6.00. The number of likely N-dealkylation sites (tertiary alicyclic amines) is 1. The number of Topliss-reactive ketones (excluding diaryl/α,β-unsaturated/α-hetero) is 1. The van der Waals surface area contributed by atoms with Crippen molar-refractivity contribution in [3.8, 4) is 0 Å². The third-order valence-electron chi connectivity index (χ3n) is 5.71. The van der Waals surface area contributed by atoms with Crippen LogP contribution < -0.4 is 0 Å². The number of halogens is 1. The van der Waals surface area contributed by atoms with E-state index in [4.69, 9.17) is 9.47 Å². The Kier molecular flexibility index (Phi) is 10.0. The first kappa shape index (κ1) is 23.1. The minimum absolute atomic E-state index is 0.0982. The molecule has 0 N–H and O–H groups in total. The van der Waals surface area contributed by atoms with Crippen molar-refractivity contribution in [2.24, 2.45) is 11.8 Å². The highest BCUT2D eigenvalue weighted by atomic mass is 127. The number of ether oxygens (including phenoxy) is 2. The minimum atomic E-state index is 0.0982. The van der Waals surface area contributed by atoms with Crippen LogP contribution in [0.2, 0.25) is 0 Å². The van der Waals surface area contributed by atoms with E-state index in [0.29, 0.717) is 31.0 Å². The van der Waals surface area contributed by atoms with E-state index >= 15 is 0 Å². The number of hydrogen-bond donors (Lipinski definition) is 0. The fourth-order valence-corrected chi connectivity index (χ4v) is 4.53. The van der Waals surface area contributed by atoms with Crippen molar-refractivity contribution in [1.29, 1.82) is 0 Å². The number of carbonyl (C=O) groups excluding carboxylic acids is 2. The molecule has 5 nitrogen and oxygen atoms in total. The molecule has 2 rings (SSSR count). The lowest BCUT2D eigenvalue weighted by Gasteiger charge is -2.32. The van der Waals surface area contributed by atoms with Gasteiger partial charge in [0.05, 0.1) is 12.2 Å². The summed E-state index contributed by atoms with van der Waals surface area (Å²) < 4.78 is 12.1. The molecule has 1 unspecified atom stereocenters. The first-order valence-electron chi connectivity index (χ1n) is 10.6. The zero-order valence-corrected chi connectivity index (χ0v) is 19.3. The second-order valence-electron chi connectivity index (χ2n) is 8.26. The molecule has 27 heavy (non-hydrogen) atoms. The van der Waals surface area contributed by atoms with E-state index in [0.717, 1.165) is 58.0 Å². The van der Waals surface area contributed by atoms with Crippen molar-refractivity contribution in [2.75, 3.05) is 19.7 Å². The van der Waals surface area contributed by atoms with Crippen LogP contribution in [0.4, 0.5) is 0 Å². The van der Waals surface area contributed by atoms with Gasteiger partial charge in [-0.25, -0.2) is 0 Å². The van der Waals surface area contributed by atoms with E-state index in [1.165, 1.54) is 0 Å². The molecule has 2 aliphatic rings. The van der Waals surface area contributed by atoms with Crippen molar-refractivity contribution in [2.45, 2.75) is 88.5 Å². The van der Waals surface area contributed by atoms with Gasteiger partial charge in [-0.15, -0.1) is 0 Å². The number of hydrogen-bond acceptors (Lipinski definition) is 4. The molecule has 1 saturated heterocycles. The summed E-state index contributed by atoms with van der Waals surface area (Å²) in [5.74, 6) is 0.804. The molecule has 0 aromatic rings. The van der Waals surface area contributed by atoms with E-state index in [1.807, 2.05) is 18.7 Å². The van der Waals surface area contributed by atoms with Crippen LogP contribution in [0.15, 0.2) is 0 Å². The molecule has 0 aromatic carbocycles. The summed E-state index contributed by atoms with van der Waals surface area (Å²) in [4.78, 5) is 26.4. The van der Waals surface area contributed by atoms with Gasteiger partial charge in [-0.05, 0) is 51.9 Å². The van der Waals surface area contributed by atoms with E-state index in [9.17, 15) is 9.59 Å². The monoisotopic (exact) mass is 493 g/mol. The van der Waals surface area contributed by atoms with Gasteiger partial charge in [0.2, 0.25) is 5.91 Å². The number of rotatable bonds is 9. The number of carbonyl (C=O) groups is 2. The summed E-state index contributed by atoms with van der Waals surface area (Å²) in [6.45, 7) is 8.11. The fourth-order valence-electron chi connectivity index (χ4n) is 4.12. The SMILES string of the molecule is CC(I)OC1CCC(OCCCC(=O)N2CCC(C(=O)C(C)C)CC2)CC1. The van der Waals surface area contributed by atoms with Gasteiger partial charge in [-0.3, -0.25) is 9.59 Å². The molecular weight excluding hydrogens is 457 g/mol. The Morgan fingerprint density at radius 1 is 1.00 bits per heavy atom. The number of piperidine rings is 1. The predicted molar refractivity (Wildman–Crippen MR) is 115 cm³/mol. The second kappa shape index (κ2) is 11.7. The van der Waals surface area contributed by atoms with Gasteiger partial charge in [-0.1, -0.05) is 36.4 Å². The molecular formula is C21H36INO4. The van der Waals surface area contributed by atoms with E-state index in [1.54, 1.807) is 0 Å². The molecule has 1 aliphatic heterocycles. The third kappa shape index (κ3) is 7.97. The Morgan fingerprint density at radius 2 is 1.59 bits per heavy atom. The number of amides is 1. The molecule has 0 aromatic heterocycles. The van der Waals surface area contributed by atoms with Gasteiger partial charge in [0.25, 0.3) is 0 Å². The molecule has 6 heteroatoms. The minimum Gasteiger partial charge on any atom is -0.378 e. The van der Waals surface area contributed by atoms with Gasteiger partial charge in [-0.2, -0.15) is 0 Å². The first-order chi connectivity index (χ1) is 12.9. The standard InChI is InChI=1S/C21H36INO4/c1-15(2)21(25)17-10-12-23(13-11-17)20(24)5-4-14-26-18-6-8-19(9-7-18)27-16(3)22/h15-19H,4-14H2,1-3H3. The van der Waals surface area contributed by atoms with Gasteiger partial charge in [0, 0.05) is 38.0 Å². The molecule has 1 heterocycles. The zero-order chi connectivity index (χ0) is 19.8. The molecule has 0 bridgehead atoms. The molecule has 1 saturated carbocycles. The van der Waals surface area contributed by atoms with Crippen LogP contribution in [0.5, 0.6) is 0 Å². The summed E-state index contributed by atoms with van der Waals surface area (Å²) in [6.07, 6.45) is 7.92. The lowest BCUT2D eigenvalue weighted by atomic mass is 9.87. The van der Waals surface area contributed by atoms with Crippen molar-refractivity contribution < 1.29 is 19.1 Å². The number of ketones is 1. The van der Waals surface area contributed by atoms with Crippen LogP contribution in [0, 0.1) is 11.8 Å². The average molecular weight is 493 g/mol. The highest BCUT2D eigenvalue weighted by Gasteiger charge is 2.28. The summed E-state index contributed by atoms with van der Waals surface area (Å²) >= 11 is 2.30. The van der Waals surface area contributed by atoms with Crippen LogP contribution in [-0.2, 0) is 19.1 Å². The Balaban J connectivity index is 1.55. The first-order valence-corrected chi connectivity index (χ1v) is 11.8. The Morgan fingerprint density at radius 3 is 2.15 bits per heavy atom. The molecule has 2 fully saturated rings. The fraction of sp³-hybridized carbons (Fsp3) is 0.905.